The normalized spacial score (nSPS) is 32.1. The van der Waals surface area contributed by atoms with Gasteiger partial charge in [-0.3, -0.25) is 9.59 Å². The molecule has 0 aromatic rings. The highest BCUT2D eigenvalue weighted by Gasteiger charge is 2.29. The van der Waals surface area contributed by atoms with E-state index in [1.54, 1.807) is 0 Å². The van der Waals surface area contributed by atoms with Crippen LogP contribution in [0.25, 0.3) is 0 Å². The number of piperidine rings is 1. The van der Waals surface area contributed by atoms with Crippen molar-refractivity contribution in [3.05, 3.63) is 0 Å². The van der Waals surface area contributed by atoms with E-state index in [0.29, 0.717) is 0 Å². The topological polar surface area (TPSA) is 84.2 Å². The molecule has 3 unspecified atom stereocenters. The fourth-order valence-corrected chi connectivity index (χ4v) is 2.67. The molecule has 0 aromatic heterocycles. The van der Waals surface area contributed by atoms with Gasteiger partial charge in [-0.05, 0) is 32.1 Å². The first-order chi connectivity index (χ1) is 8.16. The van der Waals surface area contributed by atoms with Crippen LogP contribution >= 0.6 is 12.4 Å². The van der Waals surface area contributed by atoms with Gasteiger partial charge in [0.25, 0.3) is 0 Å². The van der Waals surface area contributed by atoms with E-state index < -0.39 is 0 Å². The molecule has 0 bridgehead atoms. The van der Waals surface area contributed by atoms with Gasteiger partial charge in [-0.2, -0.15) is 0 Å². The lowest BCUT2D eigenvalue weighted by molar-refractivity contribution is -0.132. The van der Waals surface area contributed by atoms with Crippen molar-refractivity contribution in [1.29, 1.82) is 0 Å². The summed E-state index contributed by atoms with van der Waals surface area (Å²) in [5, 5.41) is 5.62. The van der Waals surface area contributed by atoms with Crippen LogP contribution in [-0.4, -0.2) is 30.4 Å². The van der Waals surface area contributed by atoms with Crippen molar-refractivity contribution in [3.8, 4) is 0 Å². The molecule has 18 heavy (non-hydrogen) atoms. The van der Waals surface area contributed by atoms with E-state index in [9.17, 15) is 9.59 Å². The largest absolute Gasteiger partial charge is 0.354 e. The first-order valence-corrected chi connectivity index (χ1v) is 6.50. The lowest BCUT2D eigenvalue weighted by Gasteiger charge is -2.29. The van der Waals surface area contributed by atoms with E-state index in [4.69, 9.17) is 5.73 Å². The number of halogens is 1. The van der Waals surface area contributed by atoms with Gasteiger partial charge >= 0.3 is 0 Å². The van der Waals surface area contributed by atoms with Crippen molar-refractivity contribution in [2.45, 2.75) is 50.6 Å². The van der Waals surface area contributed by atoms with Gasteiger partial charge in [0.1, 0.15) is 6.04 Å². The summed E-state index contributed by atoms with van der Waals surface area (Å²) in [6.07, 6.45) is 5.34. The molecule has 2 rings (SSSR count). The third-order valence-electron chi connectivity index (χ3n) is 3.69. The van der Waals surface area contributed by atoms with Crippen LogP contribution in [0, 0.1) is 5.92 Å². The fourth-order valence-electron chi connectivity index (χ4n) is 2.67. The van der Waals surface area contributed by atoms with E-state index in [-0.39, 0.29) is 42.2 Å². The van der Waals surface area contributed by atoms with Crippen molar-refractivity contribution in [2.75, 3.05) is 6.54 Å². The number of carbonyl (C=O) groups is 2. The first-order valence-electron chi connectivity index (χ1n) is 6.50. The lowest BCUT2D eigenvalue weighted by atomic mass is 9.85. The zero-order valence-electron chi connectivity index (χ0n) is 10.5. The first kappa shape index (κ1) is 15.2. The smallest absolute Gasteiger partial charge is 0.242 e. The molecule has 1 saturated carbocycles. The highest BCUT2D eigenvalue weighted by Crippen LogP contribution is 2.23. The van der Waals surface area contributed by atoms with Gasteiger partial charge in [0.15, 0.2) is 0 Å². The van der Waals surface area contributed by atoms with Gasteiger partial charge < -0.3 is 16.4 Å². The Bertz CT molecular complexity index is 312. The van der Waals surface area contributed by atoms with Gasteiger partial charge in [-0.1, -0.05) is 6.42 Å². The van der Waals surface area contributed by atoms with Gasteiger partial charge in [0.2, 0.25) is 11.8 Å². The molecule has 0 radical (unpaired) electrons. The van der Waals surface area contributed by atoms with E-state index in [1.807, 2.05) is 0 Å². The molecule has 2 amide bonds. The number of hydrogen-bond acceptors (Lipinski definition) is 3. The zero-order valence-corrected chi connectivity index (χ0v) is 11.3. The molecule has 0 aromatic carbocycles. The Morgan fingerprint density at radius 3 is 2.72 bits per heavy atom. The third-order valence-corrected chi connectivity index (χ3v) is 3.69. The van der Waals surface area contributed by atoms with E-state index >= 15 is 0 Å². The summed E-state index contributed by atoms with van der Waals surface area (Å²) < 4.78 is 0. The number of nitrogens with one attached hydrogen (secondary N) is 2. The van der Waals surface area contributed by atoms with Crippen LogP contribution in [-0.2, 0) is 9.59 Å². The molecule has 4 N–H and O–H groups in total. The molecule has 104 valence electrons. The highest BCUT2D eigenvalue weighted by atomic mass is 35.5. The molecule has 2 aliphatic rings. The van der Waals surface area contributed by atoms with E-state index in [0.717, 1.165) is 45.1 Å². The molecule has 6 heteroatoms. The van der Waals surface area contributed by atoms with Crippen LogP contribution in [0.5, 0.6) is 0 Å². The monoisotopic (exact) mass is 275 g/mol. The summed E-state index contributed by atoms with van der Waals surface area (Å²) in [5.41, 5.74) is 5.86. The molecule has 2 fully saturated rings. The minimum absolute atomic E-state index is 0. The summed E-state index contributed by atoms with van der Waals surface area (Å²) >= 11 is 0. The Kier molecular flexibility index (Phi) is 5.88. The number of hydrogen-bond donors (Lipinski definition) is 3. The van der Waals surface area contributed by atoms with Gasteiger partial charge in [0, 0.05) is 18.5 Å². The van der Waals surface area contributed by atoms with Crippen LogP contribution in [0.1, 0.15) is 38.5 Å². The Morgan fingerprint density at radius 1 is 1.28 bits per heavy atom. The molecule has 1 aliphatic carbocycles. The number of nitrogens with two attached hydrogens (primary N) is 1. The average Bonchev–Trinajstić information content (AvgIpc) is 2.32. The van der Waals surface area contributed by atoms with Crippen molar-refractivity contribution in [1.82, 2.24) is 10.6 Å². The Morgan fingerprint density at radius 2 is 2.06 bits per heavy atom. The summed E-state index contributed by atoms with van der Waals surface area (Å²) in [7, 11) is 0. The van der Waals surface area contributed by atoms with E-state index in [2.05, 4.69) is 10.6 Å². The van der Waals surface area contributed by atoms with Crippen LogP contribution in [0.15, 0.2) is 0 Å². The Labute approximate surface area is 114 Å². The second-order valence-corrected chi connectivity index (χ2v) is 5.12. The minimum Gasteiger partial charge on any atom is -0.354 e. The predicted octanol–water partition coefficient (Wildman–Crippen LogP) is 0.321. The van der Waals surface area contributed by atoms with Crippen molar-refractivity contribution < 1.29 is 9.59 Å². The second kappa shape index (κ2) is 6.95. The molecule has 5 nitrogen and oxygen atoms in total. The number of rotatable bonds is 2. The van der Waals surface area contributed by atoms with Crippen molar-refractivity contribution >= 4 is 24.2 Å². The van der Waals surface area contributed by atoms with E-state index in [1.165, 1.54) is 0 Å². The Hall–Kier alpha value is -0.810. The molecule has 1 saturated heterocycles. The number of amides is 2. The quantitative estimate of drug-likeness (QED) is 0.679. The predicted molar refractivity (Wildman–Crippen MR) is 71.4 cm³/mol. The van der Waals surface area contributed by atoms with Gasteiger partial charge in [-0.25, -0.2) is 0 Å². The summed E-state index contributed by atoms with van der Waals surface area (Å²) in [6, 6.07) is -0.200. The maximum absolute atomic E-state index is 12.0. The van der Waals surface area contributed by atoms with Crippen LogP contribution < -0.4 is 16.4 Å². The molecule has 1 aliphatic heterocycles. The fraction of sp³-hybridized carbons (Fsp3) is 0.833. The van der Waals surface area contributed by atoms with Gasteiger partial charge in [-0.15, -0.1) is 12.4 Å². The SMILES string of the molecule is Cl.NC1CCCC(C(=O)NC2CCCNC2=O)C1. The van der Waals surface area contributed by atoms with Gasteiger partial charge in [0.05, 0.1) is 0 Å². The molecule has 3 atom stereocenters. The minimum atomic E-state index is -0.339. The molecular formula is C12H22ClN3O2. The summed E-state index contributed by atoms with van der Waals surface area (Å²) in [6.45, 7) is 0.722. The second-order valence-electron chi connectivity index (χ2n) is 5.12. The van der Waals surface area contributed by atoms with Crippen molar-refractivity contribution in [3.63, 3.8) is 0 Å². The molecule has 1 heterocycles. The highest BCUT2D eigenvalue weighted by molar-refractivity contribution is 5.88. The standard InChI is InChI=1S/C12H21N3O2.ClH/c13-9-4-1-3-8(7-9)11(16)15-10-5-2-6-14-12(10)17;/h8-10H,1-7,13H2,(H,14,17)(H,15,16);1H. The third kappa shape index (κ3) is 3.85. The maximum Gasteiger partial charge on any atom is 0.242 e. The maximum atomic E-state index is 12.0. The van der Waals surface area contributed by atoms with Crippen LogP contribution in [0.3, 0.4) is 0 Å². The van der Waals surface area contributed by atoms with Crippen molar-refractivity contribution in [2.24, 2.45) is 11.7 Å². The Balaban J connectivity index is 0.00000162. The summed E-state index contributed by atoms with van der Waals surface area (Å²) in [4.78, 5) is 23.5. The number of carbonyl (C=O) groups excluding carboxylic acids is 2. The molecule has 0 spiro atoms. The lowest BCUT2D eigenvalue weighted by Crippen LogP contribution is -2.52. The summed E-state index contributed by atoms with van der Waals surface area (Å²) in [5.74, 6) is -0.0552. The average molecular weight is 276 g/mol. The molecular weight excluding hydrogens is 254 g/mol. The van der Waals surface area contributed by atoms with Crippen LogP contribution in [0.4, 0.5) is 0 Å². The van der Waals surface area contributed by atoms with Crippen LogP contribution in [0.2, 0.25) is 0 Å². The zero-order chi connectivity index (χ0) is 12.3.